The molecule has 2 aliphatic heterocycles. The number of amides is 1. The van der Waals surface area contributed by atoms with Crippen molar-refractivity contribution in [3.05, 3.63) is 27.7 Å². The molecule has 114 valence electrons. The maximum absolute atomic E-state index is 12.5. The maximum Gasteiger partial charge on any atom is 0.255 e. The second-order valence-electron chi connectivity index (χ2n) is 5.67. The van der Waals surface area contributed by atoms with E-state index >= 15 is 0 Å². The molecular weight excluding hydrogens is 332 g/mol. The number of halogens is 1. The third-order valence-corrected chi connectivity index (χ3v) is 4.85. The van der Waals surface area contributed by atoms with Crippen LogP contribution in [0.2, 0.25) is 0 Å². The minimum absolute atomic E-state index is 0.0302. The number of likely N-dealkylation sites (tertiary alicyclic amines) is 1. The molecule has 2 heterocycles. The van der Waals surface area contributed by atoms with E-state index in [-0.39, 0.29) is 5.91 Å². The van der Waals surface area contributed by atoms with E-state index in [4.69, 9.17) is 4.74 Å². The molecule has 0 aromatic heterocycles. The van der Waals surface area contributed by atoms with E-state index in [1.54, 1.807) is 0 Å². The van der Waals surface area contributed by atoms with Crippen LogP contribution in [0.4, 0.5) is 0 Å². The summed E-state index contributed by atoms with van der Waals surface area (Å²) in [4.78, 5) is 14.9. The summed E-state index contributed by atoms with van der Waals surface area (Å²) in [7, 11) is 0. The van der Waals surface area contributed by atoms with Crippen molar-refractivity contribution in [1.29, 1.82) is 0 Å². The first-order valence-corrected chi connectivity index (χ1v) is 8.45. The lowest BCUT2D eigenvalue weighted by atomic mass is 10.1. The molecule has 1 aromatic carbocycles. The second-order valence-corrected chi connectivity index (χ2v) is 6.59. The van der Waals surface area contributed by atoms with Crippen molar-refractivity contribution in [2.75, 3.05) is 26.2 Å². The van der Waals surface area contributed by atoms with Gasteiger partial charge in [-0.15, -0.1) is 0 Å². The Balaban J connectivity index is 1.69. The van der Waals surface area contributed by atoms with Crippen molar-refractivity contribution in [3.8, 4) is 5.75 Å². The number of nitrogens with zero attached hydrogens (tertiary/aromatic N) is 1. The Kier molecular flexibility index (Phi) is 4.50. The lowest BCUT2D eigenvalue weighted by Gasteiger charge is -2.23. The number of benzene rings is 1. The summed E-state index contributed by atoms with van der Waals surface area (Å²) in [6.07, 6.45) is 3.27. The van der Waals surface area contributed by atoms with Crippen LogP contribution in [0.1, 0.15) is 35.7 Å². The number of fused-ring (bicyclic) bond motifs is 1. The highest BCUT2D eigenvalue weighted by Gasteiger charge is 2.25. The Morgan fingerprint density at radius 1 is 1.52 bits per heavy atom. The van der Waals surface area contributed by atoms with Crippen molar-refractivity contribution in [3.63, 3.8) is 0 Å². The zero-order chi connectivity index (χ0) is 14.8. The summed E-state index contributed by atoms with van der Waals surface area (Å²) in [6, 6.07) is 4.36. The van der Waals surface area contributed by atoms with Crippen LogP contribution in [0.3, 0.4) is 0 Å². The molecule has 4 nitrogen and oxygen atoms in total. The van der Waals surface area contributed by atoms with Gasteiger partial charge >= 0.3 is 0 Å². The molecule has 0 radical (unpaired) electrons. The normalized spacial score (nSPS) is 21.1. The maximum atomic E-state index is 12.5. The summed E-state index contributed by atoms with van der Waals surface area (Å²) < 4.78 is 6.57. The van der Waals surface area contributed by atoms with Crippen molar-refractivity contribution in [1.82, 2.24) is 10.2 Å². The number of hydrogen-bond donors (Lipinski definition) is 1. The highest BCUT2D eigenvalue weighted by atomic mass is 79.9. The molecule has 0 unspecified atom stereocenters. The van der Waals surface area contributed by atoms with Crippen LogP contribution in [-0.2, 0) is 6.42 Å². The van der Waals surface area contributed by atoms with Crippen molar-refractivity contribution >= 4 is 21.8 Å². The van der Waals surface area contributed by atoms with Gasteiger partial charge in [0.1, 0.15) is 5.75 Å². The first-order valence-electron chi connectivity index (χ1n) is 7.66. The third-order valence-electron chi connectivity index (χ3n) is 4.40. The summed E-state index contributed by atoms with van der Waals surface area (Å²) in [6.45, 7) is 5.75. The van der Waals surface area contributed by atoms with Crippen LogP contribution in [0.5, 0.6) is 5.75 Å². The fraction of sp³-hybridized carbons (Fsp3) is 0.562. The Bertz CT molecular complexity index is 547. The van der Waals surface area contributed by atoms with Crippen LogP contribution in [0, 0.1) is 0 Å². The molecule has 2 aliphatic rings. The molecule has 1 amide bonds. The molecule has 1 fully saturated rings. The van der Waals surface area contributed by atoms with Gasteiger partial charge in [-0.1, -0.05) is 22.9 Å². The number of hydrogen-bond acceptors (Lipinski definition) is 3. The highest BCUT2D eigenvalue weighted by Crippen LogP contribution is 2.32. The van der Waals surface area contributed by atoms with Crippen LogP contribution >= 0.6 is 15.9 Å². The number of carbonyl (C=O) groups is 1. The summed E-state index contributed by atoms with van der Waals surface area (Å²) in [5.41, 5.74) is 1.77. The topological polar surface area (TPSA) is 41.6 Å². The minimum atomic E-state index is -0.0302. The van der Waals surface area contributed by atoms with Gasteiger partial charge in [0.25, 0.3) is 5.91 Å². The Morgan fingerprint density at radius 2 is 2.38 bits per heavy atom. The van der Waals surface area contributed by atoms with Crippen LogP contribution in [0.25, 0.3) is 0 Å². The standard InChI is InChI=1S/C16H21BrN2O2/c1-2-19-6-3-4-13(19)10-18-16(20)14-9-12(17)8-11-5-7-21-15(11)14/h8-9,13H,2-7,10H2,1H3,(H,18,20)/t13-/m0/s1. The van der Waals surface area contributed by atoms with Gasteiger partial charge in [-0.2, -0.15) is 0 Å². The van der Waals surface area contributed by atoms with E-state index in [9.17, 15) is 4.79 Å². The van der Waals surface area contributed by atoms with Crippen LogP contribution in [0.15, 0.2) is 16.6 Å². The molecule has 5 heteroatoms. The Labute approximate surface area is 134 Å². The van der Waals surface area contributed by atoms with Gasteiger partial charge in [-0.3, -0.25) is 9.69 Å². The smallest absolute Gasteiger partial charge is 0.255 e. The molecule has 1 atom stereocenters. The predicted molar refractivity (Wildman–Crippen MR) is 85.9 cm³/mol. The third kappa shape index (κ3) is 3.09. The zero-order valence-electron chi connectivity index (χ0n) is 12.3. The van der Waals surface area contributed by atoms with Crippen LogP contribution < -0.4 is 10.1 Å². The molecule has 1 aromatic rings. The monoisotopic (exact) mass is 352 g/mol. The van der Waals surface area contributed by atoms with Gasteiger partial charge in [0.15, 0.2) is 0 Å². The first kappa shape index (κ1) is 14.9. The van der Waals surface area contributed by atoms with Gasteiger partial charge in [-0.05, 0) is 43.6 Å². The number of ether oxygens (including phenoxy) is 1. The molecular formula is C16H21BrN2O2. The van der Waals surface area contributed by atoms with Gasteiger partial charge in [0.05, 0.1) is 12.2 Å². The van der Waals surface area contributed by atoms with Gasteiger partial charge < -0.3 is 10.1 Å². The lowest BCUT2D eigenvalue weighted by Crippen LogP contribution is -2.40. The molecule has 0 bridgehead atoms. The lowest BCUT2D eigenvalue weighted by molar-refractivity contribution is 0.0938. The number of likely N-dealkylation sites (N-methyl/N-ethyl adjacent to an activating group) is 1. The molecule has 0 aliphatic carbocycles. The highest BCUT2D eigenvalue weighted by molar-refractivity contribution is 9.10. The summed E-state index contributed by atoms with van der Waals surface area (Å²) in [5, 5.41) is 3.08. The average molecular weight is 353 g/mol. The molecule has 1 saturated heterocycles. The molecule has 21 heavy (non-hydrogen) atoms. The van der Waals surface area contributed by atoms with E-state index in [0.717, 1.165) is 35.3 Å². The van der Waals surface area contributed by atoms with E-state index < -0.39 is 0 Å². The number of carbonyl (C=O) groups excluding carboxylic acids is 1. The first-order chi connectivity index (χ1) is 10.2. The van der Waals surface area contributed by atoms with E-state index in [0.29, 0.717) is 24.8 Å². The molecule has 1 N–H and O–H groups in total. The molecule has 0 spiro atoms. The van der Waals surface area contributed by atoms with Gasteiger partial charge in [-0.25, -0.2) is 0 Å². The second kappa shape index (κ2) is 6.36. The van der Waals surface area contributed by atoms with Crippen LogP contribution in [-0.4, -0.2) is 43.1 Å². The largest absolute Gasteiger partial charge is 0.492 e. The Morgan fingerprint density at radius 3 is 3.19 bits per heavy atom. The van der Waals surface area contributed by atoms with Gasteiger partial charge in [0, 0.05) is 23.5 Å². The Hall–Kier alpha value is -1.07. The van der Waals surface area contributed by atoms with E-state index in [2.05, 4.69) is 33.1 Å². The number of rotatable bonds is 4. The fourth-order valence-electron chi connectivity index (χ4n) is 3.29. The van der Waals surface area contributed by atoms with Crippen molar-refractivity contribution in [2.45, 2.75) is 32.2 Å². The van der Waals surface area contributed by atoms with Crippen molar-refractivity contribution in [2.24, 2.45) is 0 Å². The quantitative estimate of drug-likeness (QED) is 0.905. The molecule has 3 rings (SSSR count). The average Bonchev–Trinajstić information content (AvgIpc) is 3.11. The van der Waals surface area contributed by atoms with Crippen molar-refractivity contribution < 1.29 is 9.53 Å². The SMILES string of the molecule is CCN1CCC[C@H]1CNC(=O)c1cc(Br)cc2c1OCC2. The van der Waals surface area contributed by atoms with E-state index in [1.165, 1.54) is 12.8 Å². The van der Waals surface area contributed by atoms with E-state index in [1.807, 2.05) is 12.1 Å². The zero-order valence-corrected chi connectivity index (χ0v) is 13.9. The van der Waals surface area contributed by atoms with Gasteiger partial charge in [0.2, 0.25) is 0 Å². The number of nitrogens with one attached hydrogen (secondary N) is 1. The fourth-order valence-corrected chi connectivity index (χ4v) is 3.79. The predicted octanol–water partition coefficient (Wildman–Crippen LogP) is 2.60. The summed E-state index contributed by atoms with van der Waals surface area (Å²) >= 11 is 3.48. The summed E-state index contributed by atoms with van der Waals surface area (Å²) in [5.74, 6) is 0.729. The molecule has 0 saturated carbocycles. The minimum Gasteiger partial charge on any atom is -0.492 e.